The SMILES string of the molecule is O=C(CCc1ccc(Br)cc1F)NCCCOc1ccc(F)cc1. The summed E-state index contributed by atoms with van der Waals surface area (Å²) in [5, 5.41) is 2.77. The number of hydrogen-bond donors (Lipinski definition) is 1. The normalized spacial score (nSPS) is 10.5. The molecule has 0 heterocycles. The van der Waals surface area contributed by atoms with Crippen LogP contribution < -0.4 is 10.1 Å². The van der Waals surface area contributed by atoms with Gasteiger partial charge in [0.05, 0.1) is 6.61 Å². The first kappa shape index (κ1) is 18.4. The molecule has 0 unspecified atom stereocenters. The highest BCUT2D eigenvalue weighted by Gasteiger charge is 2.06. The van der Waals surface area contributed by atoms with Crippen molar-refractivity contribution >= 4 is 21.8 Å². The number of amides is 1. The number of nitrogens with one attached hydrogen (secondary N) is 1. The van der Waals surface area contributed by atoms with Crippen molar-refractivity contribution in [3.63, 3.8) is 0 Å². The van der Waals surface area contributed by atoms with Crippen LogP contribution in [-0.2, 0) is 11.2 Å². The van der Waals surface area contributed by atoms with Gasteiger partial charge in [-0.15, -0.1) is 0 Å². The van der Waals surface area contributed by atoms with Gasteiger partial charge in [-0.05, 0) is 54.8 Å². The van der Waals surface area contributed by atoms with Crippen molar-refractivity contribution in [1.29, 1.82) is 0 Å². The molecular formula is C18H18BrF2NO2. The van der Waals surface area contributed by atoms with Crippen LogP contribution in [0.25, 0.3) is 0 Å². The zero-order valence-electron chi connectivity index (χ0n) is 13.0. The maximum absolute atomic E-state index is 13.6. The van der Waals surface area contributed by atoms with Crippen LogP contribution in [-0.4, -0.2) is 19.1 Å². The van der Waals surface area contributed by atoms with Crippen LogP contribution in [0.3, 0.4) is 0 Å². The smallest absolute Gasteiger partial charge is 0.220 e. The minimum Gasteiger partial charge on any atom is -0.494 e. The summed E-state index contributed by atoms with van der Waals surface area (Å²) < 4.78 is 32.5. The number of ether oxygens (including phenoxy) is 1. The molecule has 0 atom stereocenters. The summed E-state index contributed by atoms with van der Waals surface area (Å²) in [6.07, 6.45) is 1.23. The molecule has 0 saturated heterocycles. The van der Waals surface area contributed by atoms with Crippen LogP contribution in [0.1, 0.15) is 18.4 Å². The zero-order valence-corrected chi connectivity index (χ0v) is 14.6. The predicted molar refractivity (Wildman–Crippen MR) is 91.9 cm³/mol. The van der Waals surface area contributed by atoms with Crippen LogP contribution in [0, 0.1) is 11.6 Å². The zero-order chi connectivity index (χ0) is 17.4. The fraction of sp³-hybridized carbons (Fsp3) is 0.278. The Balaban J connectivity index is 1.60. The molecule has 0 saturated carbocycles. The molecule has 0 aliphatic rings. The molecule has 0 aliphatic heterocycles. The molecular weight excluding hydrogens is 380 g/mol. The maximum Gasteiger partial charge on any atom is 0.220 e. The van der Waals surface area contributed by atoms with E-state index >= 15 is 0 Å². The number of halogens is 3. The molecule has 0 spiro atoms. The van der Waals surface area contributed by atoms with E-state index in [2.05, 4.69) is 21.2 Å². The Labute approximate surface area is 148 Å². The first-order valence-electron chi connectivity index (χ1n) is 7.63. The second-order valence-corrected chi connectivity index (χ2v) is 6.16. The van der Waals surface area contributed by atoms with Crippen molar-refractivity contribution in [1.82, 2.24) is 5.32 Å². The summed E-state index contributed by atoms with van der Waals surface area (Å²) in [5.74, 6) is -0.158. The molecule has 24 heavy (non-hydrogen) atoms. The number of aryl methyl sites for hydroxylation is 1. The van der Waals surface area contributed by atoms with Gasteiger partial charge >= 0.3 is 0 Å². The van der Waals surface area contributed by atoms with E-state index in [0.717, 1.165) is 0 Å². The van der Waals surface area contributed by atoms with E-state index in [0.29, 0.717) is 41.8 Å². The first-order valence-corrected chi connectivity index (χ1v) is 8.43. The van der Waals surface area contributed by atoms with Crippen molar-refractivity contribution in [2.75, 3.05) is 13.2 Å². The molecule has 3 nitrogen and oxygen atoms in total. The fourth-order valence-corrected chi connectivity index (χ4v) is 2.41. The van der Waals surface area contributed by atoms with Crippen molar-refractivity contribution < 1.29 is 18.3 Å². The van der Waals surface area contributed by atoms with E-state index in [-0.39, 0.29) is 24.0 Å². The van der Waals surface area contributed by atoms with E-state index in [1.54, 1.807) is 24.3 Å². The molecule has 2 aromatic rings. The molecule has 0 aliphatic carbocycles. The third-order valence-electron chi connectivity index (χ3n) is 3.36. The lowest BCUT2D eigenvalue weighted by molar-refractivity contribution is -0.121. The lowest BCUT2D eigenvalue weighted by atomic mass is 10.1. The summed E-state index contributed by atoms with van der Waals surface area (Å²) in [6.45, 7) is 0.899. The first-order chi connectivity index (χ1) is 11.5. The van der Waals surface area contributed by atoms with Gasteiger partial charge in [-0.3, -0.25) is 4.79 Å². The van der Waals surface area contributed by atoms with E-state index in [1.807, 2.05) is 0 Å². The Morgan fingerprint density at radius 2 is 1.88 bits per heavy atom. The van der Waals surface area contributed by atoms with E-state index in [9.17, 15) is 13.6 Å². The highest BCUT2D eigenvalue weighted by atomic mass is 79.9. The highest BCUT2D eigenvalue weighted by Crippen LogP contribution is 2.16. The fourth-order valence-electron chi connectivity index (χ4n) is 2.08. The van der Waals surface area contributed by atoms with Crippen molar-refractivity contribution in [2.45, 2.75) is 19.3 Å². The van der Waals surface area contributed by atoms with Gasteiger partial charge in [0.25, 0.3) is 0 Å². The number of hydrogen-bond acceptors (Lipinski definition) is 2. The Morgan fingerprint density at radius 1 is 1.12 bits per heavy atom. The Bertz CT molecular complexity index is 677. The number of rotatable bonds is 8. The van der Waals surface area contributed by atoms with E-state index < -0.39 is 0 Å². The van der Waals surface area contributed by atoms with Crippen LogP contribution in [0.2, 0.25) is 0 Å². The summed E-state index contributed by atoms with van der Waals surface area (Å²) in [5.41, 5.74) is 0.521. The minimum absolute atomic E-state index is 0.126. The van der Waals surface area contributed by atoms with Crippen molar-refractivity contribution in [3.8, 4) is 5.75 Å². The monoisotopic (exact) mass is 397 g/mol. The van der Waals surface area contributed by atoms with Crippen LogP contribution in [0.5, 0.6) is 5.75 Å². The average Bonchev–Trinajstić information content (AvgIpc) is 2.55. The standard InChI is InChI=1S/C18H18BrF2NO2/c19-14-4-2-13(17(21)12-14)3-9-18(23)22-10-1-11-24-16-7-5-15(20)6-8-16/h2,4-8,12H,1,3,9-11H2,(H,22,23). The van der Waals surface area contributed by atoms with E-state index in [4.69, 9.17) is 4.74 Å². The summed E-state index contributed by atoms with van der Waals surface area (Å²) >= 11 is 3.20. The van der Waals surface area contributed by atoms with Crippen molar-refractivity contribution in [3.05, 3.63) is 64.1 Å². The molecule has 0 radical (unpaired) electrons. The molecule has 2 rings (SSSR count). The Kier molecular flexibility index (Phi) is 7.18. The third kappa shape index (κ3) is 6.28. The Morgan fingerprint density at radius 3 is 2.58 bits per heavy atom. The number of carbonyl (C=O) groups excluding carboxylic acids is 1. The van der Waals surface area contributed by atoms with Crippen molar-refractivity contribution in [2.24, 2.45) is 0 Å². The minimum atomic E-state index is -0.315. The van der Waals surface area contributed by atoms with E-state index in [1.165, 1.54) is 18.2 Å². The largest absolute Gasteiger partial charge is 0.494 e. The van der Waals surface area contributed by atoms with Gasteiger partial charge in [0.1, 0.15) is 17.4 Å². The number of benzene rings is 2. The molecule has 0 bridgehead atoms. The third-order valence-corrected chi connectivity index (χ3v) is 3.86. The molecule has 1 amide bonds. The summed E-state index contributed by atoms with van der Waals surface area (Å²) in [4.78, 5) is 11.7. The second kappa shape index (κ2) is 9.37. The van der Waals surface area contributed by atoms with Crippen LogP contribution >= 0.6 is 15.9 Å². The van der Waals surface area contributed by atoms with Crippen LogP contribution in [0.4, 0.5) is 8.78 Å². The summed E-state index contributed by atoms with van der Waals surface area (Å²) in [6, 6.07) is 10.6. The quantitative estimate of drug-likeness (QED) is 0.676. The topological polar surface area (TPSA) is 38.3 Å². The van der Waals surface area contributed by atoms with Gasteiger partial charge in [0.2, 0.25) is 5.91 Å². The highest BCUT2D eigenvalue weighted by molar-refractivity contribution is 9.10. The molecule has 2 aromatic carbocycles. The lowest BCUT2D eigenvalue weighted by Crippen LogP contribution is -2.25. The molecule has 1 N–H and O–H groups in total. The predicted octanol–water partition coefficient (Wildman–Crippen LogP) is 4.25. The molecule has 0 aromatic heterocycles. The maximum atomic E-state index is 13.6. The summed E-state index contributed by atoms with van der Waals surface area (Å²) in [7, 11) is 0. The average molecular weight is 398 g/mol. The van der Waals surface area contributed by atoms with Gasteiger partial charge in [-0.25, -0.2) is 8.78 Å². The molecule has 0 fully saturated rings. The van der Waals surface area contributed by atoms with Gasteiger partial charge in [0, 0.05) is 17.4 Å². The molecule has 128 valence electrons. The lowest BCUT2D eigenvalue weighted by Gasteiger charge is -2.08. The second-order valence-electron chi connectivity index (χ2n) is 5.24. The van der Waals surface area contributed by atoms with Gasteiger partial charge in [-0.1, -0.05) is 22.0 Å². The van der Waals surface area contributed by atoms with Gasteiger partial charge < -0.3 is 10.1 Å². The number of carbonyl (C=O) groups is 1. The Hall–Kier alpha value is -1.95. The molecule has 6 heteroatoms. The van der Waals surface area contributed by atoms with Crippen LogP contribution in [0.15, 0.2) is 46.9 Å². The van der Waals surface area contributed by atoms with Gasteiger partial charge in [-0.2, -0.15) is 0 Å². The van der Waals surface area contributed by atoms with Gasteiger partial charge in [0.15, 0.2) is 0 Å².